The molecule has 0 saturated carbocycles. The van der Waals surface area contributed by atoms with Crippen LogP contribution in [0.4, 0.5) is 10.2 Å². The van der Waals surface area contributed by atoms with Crippen molar-refractivity contribution in [1.29, 1.82) is 0 Å². The average molecular weight is 256 g/mol. The van der Waals surface area contributed by atoms with Crippen LogP contribution in [-0.4, -0.2) is 21.1 Å². The molecule has 3 rings (SSSR count). The second-order valence-electron chi connectivity index (χ2n) is 4.12. The van der Waals surface area contributed by atoms with Crippen LogP contribution < -0.4 is 5.32 Å². The van der Waals surface area contributed by atoms with E-state index in [-0.39, 0.29) is 5.65 Å². The maximum absolute atomic E-state index is 14.4. The van der Waals surface area contributed by atoms with Gasteiger partial charge in [0.1, 0.15) is 11.5 Å². The van der Waals surface area contributed by atoms with Crippen LogP contribution in [0.1, 0.15) is 6.92 Å². The maximum Gasteiger partial charge on any atom is 0.195 e. The van der Waals surface area contributed by atoms with Crippen molar-refractivity contribution in [3.63, 3.8) is 0 Å². The van der Waals surface area contributed by atoms with E-state index in [9.17, 15) is 4.39 Å². The van der Waals surface area contributed by atoms with E-state index in [1.165, 1.54) is 4.52 Å². The highest BCUT2D eigenvalue weighted by molar-refractivity contribution is 5.66. The summed E-state index contributed by atoms with van der Waals surface area (Å²) in [6.07, 6.45) is 1.58. The molecular weight excluding hydrogens is 243 g/mol. The molecule has 0 bridgehead atoms. The molecule has 4 nitrogen and oxygen atoms in total. The Balaban J connectivity index is 2.23. The quantitative estimate of drug-likeness (QED) is 0.783. The van der Waals surface area contributed by atoms with Crippen molar-refractivity contribution >= 4 is 11.5 Å². The molecule has 3 aromatic rings. The van der Waals surface area contributed by atoms with E-state index in [1.54, 1.807) is 12.3 Å². The van der Waals surface area contributed by atoms with Gasteiger partial charge < -0.3 is 5.32 Å². The maximum atomic E-state index is 14.4. The number of fused-ring (bicyclic) bond motifs is 1. The Morgan fingerprint density at radius 3 is 2.74 bits per heavy atom. The molecule has 0 aliphatic carbocycles. The van der Waals surface area contributed by atoms with Gasteiger partial charge in [-0.1, -0.05) is 30.3 Å². The minimum atomic E-state index is -0.397. The smallest absolute Gasteiger partial charge is 0.195 e. The summed E-state index contributed by atoms with van der Waals surface area (Å²) in [5.41, 5.74) is 1.30. The third-order valence-corrected chi connectivity index (χ3v) is 2.87. The molecular formula is C14H13FN4. The molecule has 0 saturated heterocycles. The van der Waals surface area contributed by atoms with Gasteiger partial charge in [-0.2, -0.15) is 9.61 Å². The van der Waals surface area contributed by atoms with Crippen molar-refractivity contribution in [2.75, 3.05) is 11.9 Å². The van der Waals surface area contributed by atoms with E-state index >= 15 is 0 Å². The van der Waals surface area contributed by atoms with Crippen molar-refractivity contribution in [1.82, 2.24) is 14.6 Å². The summed E-state index contributed by atoms with van der Waals surface area (Å²) in [5.74, 6) is 0.333. The zero-order valence-electron chi connectivity index (χ0n) is 10.5. The highest BCUT2D eigenvalue weighted by Crippen LogP contribution is 2.24. The summed E-state index contributed by atoms with van der Waals surface area (Å²) in [7, 11) is 0. The molecule has 5 heteroatoms. The minimum Gasteiger partial charge on any atom is -0.370 e. The number of halogens is 1. The number of aromatic nitrogens is 3. The van der Waals surface area contributed by atoms with Gasteiger partial charge in [-0.05, 0) is 13.0 Å². The lowest BCUT2D eigenvalue weighted by atomic mass is 10.1. The fourth-order valence-corrected chi connectivity index (χ4v) is 2.01. The number of hydrogen-bond acceptors (Lipinski definition) is 3. The summed E-state index contributed by atoms with van der Waals surface area (Å²) in [6.45, 7) is 2.71. The van der Waals surface area contributed by atoms with Crippen molar-refractivity contribution in [3.8, 4) is 11.3 Å². The van der Waals surface area contributed by atoms with Crippen LogP contribution >= 0.6 is 0 Å². The largest absolute Gasteiger partial charge is 0.370 e. The van der Waals surface area contributed by atoms with E-state index in [2.05, 4.69) is 15.4 Å². The normalized spacial score (nSPS) is 10.8. The molecule has 0 amide bonds. The Morgan fingerprint density at radius 2 is 2.00 bits per heavy atom. The van der Waals surface area contributed by atoms with Crippen LogP contribution in [0.5, 0.6) is 0 Å². The molecule has 0 atom stereocenters. The first-order valence-corrected chi connectivity index (χ1v) is 6.13. The Bertz CT molecular complexity index is 706. The fourth-order valence-electron chi connectivity index (χ4n) is 2.01. The van der Waals surface area contributed by atoms with E-state index < -0.39 is 5.82 Å². The predicted octanol–water partition coefficient (Wildman–Crippen LogP) is 2.97. The second-order valence-corrected chi connectivity index (χ2v) is 4.12. The van der Waals surface area contributed by atoms with Crippen molar-refractivity contribution < 1.29 is 4.39 Å². The average Bonchev–Trinajstić information content (AvgIpc) is 2.79. The zero-order chi connectivity index (χ0) is 13.2. The molecule has 19 heavy (non-hydrogen) atoms. The molecule has 1 aromatic carbocycles. The highest BCUT2D eigenvalue weighted by atomic mass is 19.1. The van der Waals surface area contributed by atoms with Crippen molar-refractivity contribution in [2.24, 2.45) is 0 Å². The SMILES string of the molecule is CCNc1ccnc2c(F)c(-c3ccccc3)nn12. The summed E-state index contributed by atoms with van der Waals surface area (Å²) < 4.78 is 15.9. The van der Waals surface area contributed by atoms with E-state index in [0.717, 1.165) is 17.9 Å². The van der Waals surface area contributed by atoms with Crippen LogP contribution in [0.15, 0.2) is 42.6 Å². The second kappa shape index (κ2) is 4.68. The Kier molecular flexibility index (Phi) is 2.87. The molecule has 0 aliphatic rings. The molecule has 2 heterocycles. The third kappa shape index (κ3) is 1.93. The number of rotatable bonds is 3. The highest BCUT2D eigenvalue weighted by Gasteiger charge is 2.16. The Labute approximate surface area is 109 Å². The van der Waals surface area contributed by atoms with Gasteiger partial charge in [0.2, 0.25) is 0 Å². The number of benzene rings is 1. The van der Waals surface area contributed by atoms with Crippen molar-refractivity contribution in [3.05, 3.63) is 48.4 Å². The summed E-state index contributed by atoms with van der Waals surface area (Å²) in [6, 6.07) is 11.0. The molecule has 96 valence electrons. The molecule has 2 aromatic heterocycles. The monoisotopic (exact) mass is 256 g/mol. The van der Waals surface area contributed by atoms with Crippen LogP contribution in [0.3, 0.4) is 0 Å². The third-order valence-electron chi connectivity index (χ3n) is 2.87. The van der Waals surface area contributed by atoms with Crippen LogP contribution in [0, 0.1) is 5.82 Å². The van der Waals surface area contributed by atoms with Crippen LogP contribution in [-0.2, 0) is 0 Å². The van der Waals surface area contributed by atoms with Gasteiger partial charge in [0, 0.05) is 18.3 Å². The lowest BCUT2D eigenvalue weighted by Gasteiger charge is -2.03. The minimum absolute atomic E-state index is 0.234. The van der Waals surface area contributed by atoms with E-state index in [4.69, 9.17) is 0 Å². The molecule has 0 unspecified atom stereocenters. The number of hydrogen-bond donors (Lipinski definition) is 1. The fraction of sp³-hybridized carbons (Fsp3) is 0.143. The molecule has 0 spiro atoms. The Hall–Kier alpha value is -2.43. The number of nitrogens with zero attached hydrogens (tertiary/aromatic N) is 3. The first-order chi connectivity index (χ1) is 9.31. The van der Waals surface area contributed by atoms with Crippen LogP contribution in [0.25, 0.3) is 16.9 Å². The van der Waals surface area contributed by atoms with Gasteiger partial charge in [-0.3, -0.25) is 0 Å². The van der Waals surface area contributed by atoms with E-state index in [0.29, 0.717) is 5.69 Å². The van der Waals surface area contributed by atoms with Gasteiger partial charge >= 0.3 is 0 Å². The topological polar surface area (TPSA) is 42.2 Å². The lowest BCUT2D eigenvalue weighted by molar-refractivity contribution is 0.639. The first kappa shape index (κ1) is 11.6. The first-order valence-electron chi connectivity index (χ1n) is 6.13. The summed E-state index contributed by atoms with van der Waals surface area (Å²) in [4.78, 5) is 4.06. The molecule has 0 aliphatic heterocycles. The van der Waals surface area contributed by atoms with Crippen LogP contribution in [0.2, 0.25) is 0 Å². The molecule has 0 radical (unpaired) electrons. The number of anilines is 1. The summed E-state index contributed by atoms with van der Waals surface area (Å²) >= 11 is 0. The van der Waals surface area contributed by atoms with Crippen molar-refractivity contribution in [2.45, 2.75) is 6.92 Å². The standard InChI is InChI=1S/C14H13FN4/c1-2-16-11-8-9-17-14-12(15)13(18-19(11)14)10-6-4-3-5-7-10/h3-9,16H,2H2,1H3. The van der Waals surface area contributed by atoms with Gasteiger partial charge in [0.25, 0.3) is 0 Å². The van der Waals surface area contributed by atoms with Gasteiger partial charge in [-0.25, -0.2) is 9.37 Å². The lowest BCUT2D eigenvalue weighted by Crippen LogP contribution is -2.04. The Morgan fingerprint density at radius 1 is 1.21 bits per heavy atom. The predicted molar refractivity (Wildman–Crippen MR) is 72.5 cm³/mol. The van der Waals surface area contributed by atoms with E-state index in [1.807, 2.05) is 37.3 Å². The van der Waals surface area contributed by atoms with Gasteiger partial charge in [-0.15, -0.1) is 0 Å². The molecule has 1 N–H and O–H groups in total. The van der Waals surface area contributed by atoms with Gasteiger partial charge in [0.15, 0.2) is 11.5 Å². The van der Waals surface area contributed by atoms with Gasteiger partial charge in [0.05, 0.1) is 0 Å². The zero-order valence-corrected chi connectivity index (χ0v) is 10.5. The summed E-state index contributed by atoms with van der Waals surface area (Å²) in [5, 5.41) is 7.45. The number of nitrogens with one attached hydrogen (secondary N) is 1. The molecule has 0 fully saturated rings.